The fourth-order valence-corrected chi connectivity index (χ4v) is 4.27. The molecule has 0 saturated carbocycles. The van der Waals surface area contributed by atoms with Crippen molar-refractivity contribution < 1.29 is 23.5 Å². The van der Waals surface area contributed by atoms with Crippen LogP contribution in [0.5, 0.6) is 5.75 Å². The van der Waals surface area contributed by atoms with Gasteiger partial charge in [0.15, 0.2) is 0 Å². The smallest absolute Gasteiger partial charge is 0.294 e. The molecule has 1 aliphatic rings. The first-order valence-electron chi connectivity index (χ1n) is 10.9. The van der Waals surface area contributed by atoms with Crippen LogP contribution >= 0.6 is 11.8 Å². The van der Waals surface area contributed by atoms with Crippen LogP contribution in [0.3, 0.4) is 0 Å². The van der Waals surface area contributed by atoms with Gasteiger partial charge >= 0.3 is 0 Å². The molecular formula is C27H23FN2O4S. The Morgan fingerprint density at radius 1 is 1.06 bits per heavy atom. The number of anilines is 1. The van der Waals surface area contributed by atoms with Gasteiger partial charge in [0.05, 0.1) is 4.91 Å². The highest BCUT2D eigenvalue weighted by molar-refractivity contribution is 8.18. The van der Waals surface area contributed by atoms with E-state index in [0.717, 1.165) is 33.4 Å². The number of benzene rings is 3. The van der Waals surface area contributed by atoms with Crippen molar-refractivity contribution in [1.82, 2.24) is 4.90 Å². The van der Waals surface area contributed by atoms with Gasteiger partial charge in [-0.2, -0.15) is 0 Å². The molecular weight excluding hydrogens is 467 g/mol. The van der Waals surface area contributed by atoms with E-state index in [2.05, 4.69) is 5.32 Å². The van der Waals surface area contributed by atoms with E-state index in [9.17, 15) is 18.8 Å². The molecule has 1 fully saturated rings. The number of hydrogen-bond acceptors (Lipinski definition) is 5. The molecule has 3 aromatic carbocycles. The first kappa shape index (κ1) is 24.2. The highest BCUT2D eigenvalue weighted by Gasteiger charge is 2.36. The normalized spacial score (nSPS) is 14.5. The third kappa shape index (κ3) is 6.16. The van der Waals surface area contributed by atoms with Crippen LogP contribution in [-0.2, 0) is 16.2 Å². The van der Waals surface area contributed by atoms with E-state index in [4.69, 9.17) is 4.74 Å². The van der Waals surface area contributed by atoms with Gasteiger partial charge in [0.2, 0.25) is 5.91 Å². The summed E-state index contributed by atoms with van der Waals surface area (Å²) in [5.74, 6) is -0.713. The lowest BCUT2D eigenvalue weighted by molar-refractivity contribution is -0.127. The second-order valence-corrected chi connectivity index (χ2v) is 9.12. The Balaban J connectivity index is 1.40. The van der Waals surface area contributed by atoms with Crippen molar-refractivity contribution in [2.45, 2.75) is 20.5 Å². The number of nitrogens with zero attached hydrogens (tertiary/aromatic N) is 1. The zero-order chi connectivity index (χ0) is 24.9. The fourth-order valence-electron chi connectivity index (χ4n) is 3.43. The summed E-state index contributed by atoms with van der Waals surface area (Å²) in [5.41, 5.74) is 4.02. The second-order valence-electron chi connectivity index (χ2n) is 8.12. The minimum Gasteiger partial charge on any atom is -0.489 e. The number of imide groups is 1. The van der Waals surface area contributed by atoms with E-state index in [-0.39, 0.29) is 23.9 Å². The Hall–Kier alpha value is -3.91. The highest BCUT2D eigenvalue weighted by Crippen LogP contribution is 2.32. The van der Waals surface area contributed by atoms with Gasteiger partial charge in [0.25, 0.3) is 11.1 Å². The van der Waals surface area contributed by atoms with Crippen molar-refractivity contribution in [3.8, 4) is 5.75 Å². The molecule has 0 spiro atoms. The summed E-state index contributed by atoms with van der Waals surface area (Å²) in [6, 6.07) is 18.8. The average molecular weight is 491 g/mol. The first-order valence-corrected chi connectivity index (χ1v) is 11.7. The third-order valence-corrected chi connectivity index (χ3v) is 6.22. The number of hydrogen-bond donors (Lipinski definition) is 1. The van der Waals surface area contributed by atoms with Crippen LogP contribution in [0.2, 0.25) is 0 Å². The van der Waals surface area contributed by atoms with Gasteiger partial charge in [0, 0.05) is 5.69 Å². The van der Waals surface area contributed by atoms with Gasteiger partial charge < -0.3 is 10.1 Å². The van der Waals surface area contributed by atoms with Crippen molar-refractivity contribution in [1.29, 1.82) is 0 Å². The monoisotopic (exact) mass is 490 g/mol. The van der Waals surface area contributed by atoms with Crippen LogP contribution in [0.1, 0.15) is 22.3 Å². The molecule has 0 aliphatic carbocycles. The summed E-state index contributed by atoms with van der Waals surface area (Å²) < 4.78 is 18.8. The van der Waals surface area contributed by atoms with E-state index in [1.165, 1.54) is 12.1 Å². The molecule has 8 heteroatoms. The number of carbonyl (C=O) groups excluding carboxylic acids is 3. The summed E-state index contributed by atoms with van der Waals surface area (Å²) in [6.07, 6.45) is 1.60. The van der Waals surface area contributed by atoms with E-state index in [1.54, 1.807) is 42.5 Å². The number of amides is 3. The minimum atomic E-state index is -0.520. The van der Waals surface area contributed by atoms with Crippen molar-refractivity contribution in [2.24, 2.45) is 0 Å². The molecule has 0 atom stereocenters. The Kier molecular flexibility index (Phi) is 7.31. The molecule has 0 unspecified atom stereocenters. The van der Waals surface area contributed by atoms with Crippen molar-refractivity contribution >= 4 is 40.6 Å². The van der Waals surface area contributed by atoms with Crippen molar-refractivity contribution in [2.75, 3.05) is 11.9 Å². The summed E-state index contributed by atoms with van der Waals surface area (Å²) in [7, 11) is 0. The van der Waals surface area contributed by atoms with Gasteiger partial charge in [-0.15, -0.1) is 0 Å². The maximum absolute atomic E-state index is 13.1. The summed E-state index contributed by atoms with van der Waals surface area (Å²) >= 11 is 0.790. The molecule has 0 aromatic heterocycles. The molecule has 1 saturated heterocycles. The highest BCUT2D eigenvalue weighted by atomic mass is 32.2. The lowest BCUT2D eigenvalue weighted by Crippen LogP contribution is -2.36. The van der Waals surface area contributed by atoms with E-state index >= 15 is 0 Å². The predicted octanol–water partition coefficient (Wildman–Crippen LogP) is 5.70. The Morgan fingerprint density at radius 3 is 2.60 bits per heavy atom. The molecule has 1 aliphatic heterocycles. The second kappa shape index (κ2) is 10.6. The maximum Gasteiger partial charge on any atom is 0.294 e. The zero-order valence-electron chi connectivity index (χ0n) is 19.2. The Labute approximate surface area is 206 Å². The van der Waals surface area contributed by atoms with Crippen LogP contribution in [0.4, 0.5) is 14.9 Å². The lowest BCUT2D eigenvalue weighted by atomic mass is 10.1. The number of thioether (sulfide) groups is 1. The Bertz CT molecular complexity index is 1320. The SMILES string of the molecule is Cc1ccc(C)c(NC(=O)CN2C(=O)S/C(=C/c3cccc(OCc4ccc(F)cc4)c3)C2=O)c1. The number of ether oxygens (including phenoxy) is 1. The Morgan fingerprint density at radius 2 is 1.83 bits per heavy atom. The molecule has 178 valence electrons. The number of halogens is 1. The molecule has 1 heterocycles. The first-order chi connectivity index (χ1) is 16.8. The van der Waals surface area contributed by atoms with Crippen molar-refractivity contribution in [3.05, 3.63) is 99.7 Å². The van der Waals surface area contributed by atoms with Crippen LogP contribution in [0.15, 0.2) is 71.6 Å². The third-order valence-electron chi connectivity index (χ3n) is 5.32. The summed E-state index contributed by atoms with van der Waals surface area (Å²) in [4.78, 5) is 38.9. The lowest BCUT2D eigenvalue weighted by Gasteiger charge is -2.14. The molecule has 35 heavy (non-hydrogen) atoms. The predicted molar refractivity (Wildman–Crippen MR) is 134 cm³/mol. The van der Waals surface area contributed by atoms with Gasteiger partial charge in [0.1, 0.15) is 24.7 Å². The number of aryl methyl sites for hydroxylation is 2. The van der Waals surface area contributed by atoms with Gasteiger partial charge in [-0.05, 0) is 84.3 Å². The molecule has 0 bridgehead atoms. The zero-order valence-corrected chi connectivity index (χ0v) is 20.0. The van der Waals surface area contributed by atoms with Gasteiger partial charge in [-0.3, -0.25) is 19.3 Å². The topological polar surface area (TPSA) is 75.7 Å². The molecule has 0 radical (unpaired) electrons. The van der Waals surface area contributed by atoms with E-state index in [0.29, 0.717) is 17.0 Å². The van der Waals surface area contributed by atoms with Crippen LogP contribution in [-0.4, -0.2) is 28.5 Å². The number of carbonyl (C=O) groups is 3. The van der Waals surface area contributed by atoms with Crippen LogP contribution in [0, 0.1) is 19.7 Å². The summed E-state index contributed by atoms with van der Waals surface area (Å²) in [5, 5.41) is 2.27. The van der Waals surface area contributed by atoms with E-state index < -0.39 is 17.1 Å². The quantitative estimate of drug-likeness (QED) is 0.430. The van der Waals surface area contributed by atoms with Crippen molar-refractivity contribution in [3.63, 3.8) is 0 Å². The molecule has 3 amide bonds. The van der Waals surface area contributed by atoms with Gasteiger partial charge in [-0.25, -0.2) is 4.39 Å². The average Bonchev–Trinajstić information content (AvgIpc) is 3.08. The molecule has 4 rings (SSSR count). The number of nitrogens with one attached hydrogen (secondary N) is 1. The molecule has 1 N–H and O–H groups in total. The van der Waals surface area contributed by atoms with Crippen LogP contribution < -0.4 is 10.1 Å². The summed E-state index contributed by atoms with van der Waals surface area (Å²) in [6.45, 7) is 3.68. The van der Waals surface area contributed by atoms with E-state index in [1.807, 2.05) is 32.0 Å². The molecule has 6 nitrogen and oxygen atoms in total. The molecule has 3 aromatic rings. The fraction of sp³-hybridized carbons (Fsp3) is 0.148. The van der Waals surface area contributed by atoms with Crippen LogP contribution in [0.25, 0.3) is 6.08 Å². The van der Waals surface area contributed by atoms with Gasteiger partial charge in [-0.1, -0.05) is 36.4 Å². The standard InChI is InChI=1S/C27H23FN2O4S/c1-17-6-7-18(2)23(12-17)29-25(31)15-30-26(32)24(35-27(30)33)14-20-4-3-5-22(13-20)34-16-19-8-10-21(28)11-9-19/h3-14H,15-16H2,1-2H3,(H,29,31)/b24-14+. The maximum atomic E-state index is 13.1. The largest absolute Gasteiger partial charge is 0.489 e. The minimum absolute atomic E-state index is 0.227. The number of rotatable bonds is 7.